The van der Waals surface area contributed by atoms with Gasteiger partial charge in [0.1, 0.15) is 0 Å². The second kappa shape index (κ2) is 12.3. The van der Waals surface area contributed by atoms with Crippen LogP contribution in [-0.4, -0.2) is 6.21 Å². The van der Waals surface area contributed by atoms with Crippen molar-refractivity contribution in [3.63, 3.8) is 0 Å². The van der Waals surface area contributed by atoms with Crippen molar-refractivity contribution in [2.24, 2.45) is 5.10 Å². The maximum absolute atomic E-state index is 4.35. The molecule has 0 aliphatic heterocycles. The summed E-state index contributed by atoms with van der Waals surface area (Å²) in [6.45, 7) is 5.25. The molecule has 2 nitrogen and oxygen atoms in total. The summed E-state index contributed by atoms with van der Waals surface area (Å²) in [6.07, 6.45) is 12.0. The first-order valence-electron chi connectivity index (χ1n) is 10.2. The van der Waals surface area contributed by atoms with E-state index >= 15 is 0 Å². The van der Waals surface area contributed by atoms with Crippen LogP contribution in [0.5, 0.6) is 0 Å². The molecule has 0 unspecified atom stereocenters. The monoisotopic (exact) mass is 350 g/mol. The van der Waals surface area contributed by atoms with E-state index in [1.54, 1.807) is 0 Å². The third-order valence-electron chi connectivity index (χ3n) is 4.73. The van der Waals surface area contributed by atoms with Gasteiger partial charge in [-0.05, 0) is 47.9 Å². The van der Waals surface area contributed by atoms with Crippen molar-refractivity contribution < 1.29 is 0 Å². The van der Waals surface area contributed by atoms with Crippen LogP contribution in [0.15, 0.2) is 53.6 Å². The molecular weight excluding hydrogens is 316 g/mol. The quantitative estimate of drug-likeness (QED) is 0.272. The largest absolute Gasteiger partial charge is 0.306 e. The Balaban J connectivity index is 1.70. The average Bonchev–Trinajstić information content (AvgIpc) is 2.69. The lowest BCUT2D eigenvalue weighted by atomic mass is 10.0. The fourth-order valence-electron chi connectivity index (χ4n) is 2.99. The van der Waals surface area contributed by atoms with Crippen molar-refractivity contribution in [3.8, 4) is 0 Å². The van der Waals surface area contributed by atoms with Crippen LogP contribution >= 0.6 is 0 Å². The molecule has 0 spiro atoms. The Hall–Kier alpha value is -2.09. The van der Waals surface area contributed by atoms with Gasteiger partial charge in [0.15, 0.2) is 0 Å². The fourth-order valence-corrected chi connectivity index (χ4v) is 2.99. The summed E-state index contributed by atoms with van der Waals surface area (Å²) in [5.41, 5.74) is 8.41. The third kappa shape index (κ3) is 7.86. The van der Waals surface area contributed by atoms with E-state index < -0.39 is 0 Å². The van der Waals surface area contributed by atoms with Gasteiger partial charge in [0.05, 0.1) is 12.8 Å². The lowest BCUT2D eigenvalue weighted by Gasteiger charge is -2.04. The van der Waals surface area contributed by atoms with Gasteiger partial charge in [0.25, 0.3) is 0 Å². The predicted octanol–water partition coefficient (Wildman–Crippen LogP) is 6.28. The number of nitrogens with zero attached hydrogens (tertiary/aromatic N) is 1. The van der Waals surface area contributed by atoms with E-state index in [0.29, 0.717) is 0 Å². The average molecular weight is 351 g/mol. The molecule has 0 aliphatic rings. The maximum Gasteiger partial charge on any atom is 0.0580 e. The highest BCUT2D eigenvalue weighted by molar-refractivity contribution is 5.79. The molecule has 0 aliphatic carbocycles. The number of benzene rings is 2. The third-order valence-corrected chi connectivity index (χ3v) is 4.73. The zero-order valence-electron chi connectivity index (χ0n) is 16.5. The minimum atomic E-state index is 0.765. The van der Waals surface area contributed by atoms with Crippen LogP contribution in [0.25, 0.3) is 0 Å². The van der Waals surface area contributed by atoms with Gasteiger partial charge in [-0.25, -0.2) is 0 Å². The Labute approximate surface area is 159 Å². The molecule has 0 saturated carbocycles. The summed E-state index contributed by atoms with van der Waals surface area (Å²) >= 11 is 0. The summed E-state index contributed by atoms with van der Waals surface area (Å²) in [7, 11) is 0. The van der Waals surface area contributed by atoms with E-state index in [9.17, 15) is 0 Å². The maximum atomic E-state index is 4.35. The van der Waals surface area contributed by atoms with Gasteiger partial charge in [-0.2, -0.15) is 5.10 Å². The number of hydrogen-bond donors (Lipinski definition) is 1. The van der Waals surface area contributed by atoms with Crippen molar-refractivity contribution >= 4 is 6.21 Å². The van der Waals surface area contributed by atoms with Crippen LogP contribution in [0.2, 0.25) is 0 Å². The Morgan fingerprint density at radius 3 is 1.92 bits per heavy atom. The smallest absolute Gasteiger partial charge is 0.0580 e. The topological polar surface area (TPSA) is 24.4 Å². The van der Waals surface area contributed by atoms with Crippen LogP contribution < -0.4 is 5.43 Å². The summed E-state index contributed by atoms with van der Waals surface area (Å²) in [6, 6.07) is 17.6. The first kappa shape index (κ1) is 20.2. The van der Waals surface area contributed by atoms with E-state index in [-0.39, 0.29) is 0 Å². The van der Waals surface area contributed by atoms with Crippen LogP contribution in [0, 0.1) is 0 Å². The Kier molecular flexibility index (Phi) is 9.56. The first-order valence-corrected chi connectivity index (χ1v) is 10.2. The van der Waals surface area contributed by atoms with E-state index in [0.717, 1.165) is 12.1 Å². The van der Waals surface area contributed by atoms with Crippen LogP contribution in [-0.2, 0) is 19.4 Å². The molecule has 2 aromatic carbocycles. The Bertz CT molecular complexity index is 626. The molecule has 0 bridgehead atoms. The van der Waals surface area contributed by atoms with Gasteiger partial charge in [0.2, 0.25) is 0 Å². The molecule has 1 N–H and O–H groups in total. The summed E-state index contributed by atoms with van der Waals surface area (Å²) in [5, 5.41) is 4.35. The molecule has 26 heavy (non-hydrogen) atoms. The van der Waals surface area contributed by atoms with Crippen LogP contribution in [0.3, 0.4) is 0 Å². The summed E-state index contributed by atoms with van der Waals surface area (Å²) < 4.78 is 0. The zero-order valence-corrected chi connectivity index (χ0v) is 16.5. The first-order chi connectivity index (χ1) is 12.8. The van der Waals surface area contributed by atoms with E-state index in [4.69, 9.17) is 0 Å². The Morgan fingerprint density at radius 1 is 0.692 bits per heavy atom. The molecule has 0 atom stereocenters. The zero-order chi connectivity index (χ0) is 18.5. The van der Waals surface area contributed by atoms with Crippen LogP contribution in [0.4, 0.5) is 0 Å². The number of unbranched alkanes of at least 4 members (excludes halogenated alkanes) is 4. The van der Waals surface area contributed by atoms with E-state index in [2.05, 4.69) is 72.9 Å². The Morgan fingerprint density at radius 2 is 1.27 bits per heavy atom. The highest BCUT2D eigenvalue weighted by Crippen LogP contribution is 2.10. The number of hydrogen-bond acceptors (Lipinski definition) is 2. The van der Waals surface area contributed by atoms with E-state index in [1.807, 2.05) is 6.21 Å². The number of hydrazone groups is 1. The molecule has 0 saturated heterocycles. The molecule has 2 rings (SSSR count). The highest BCUT2D eigenvalue weighted by atomic mass is 15.3. The predicted molar refractivity (Wildman–Crippen MR) is 114 cm³/mol. The number of nitrogens with one attached hydrogen (secondary N) is 1. The van der Waals surface area contributed by atoms with Gasteiger partial charge in [-0.1, -0.05) is 88.1 Å². The summed E-state index contributed by atoms with van der Waals surface area (Å²) in [4.78, 5) is 0. The highest BCUT2D eigenvalue weighted by Gasteiger charge is 1.96. The molecule has 0 heterocycles. The lowest BCUT2D eigenvalue weighted by molar-refractivity contribution is 0.666. The van der Waals surface area contributed by atoms with Gasteiger partial charge < -0.3 is 5.43 Å². The van der Waals surface area contributed by atoms with E-state index in [1.165, 1.54) is 68.1 Å². The van der Waals surface area contributed by atoms with Gasteiger partial charge in [-0.3, -0.25) is 0 Å². The molecule has 140 valence electrons. The van der Waals surface area contributed by atoms with Crippen molar-refractivity contribution in [3.05, 3.63) is 70.8 Å². The molecule has 0 aromatic heterocycles. The van der Waals surface area contributed by atoms with Crippen molar-refractivity contribution in [1.82, 2.24) is 5.43 Å². The van der Waals surface area contributed by atoms with Gasteiger partial charge in [0, 0.05) is 0 Å². The van der Waals surface area contributed by atoms with Gasteiger partial charge >= 0.3 is 0 Å². The van der Waals surface area contributed by atoms with Crippen molar-refractivity contribution in [2.45, 2.75) is 71.8 Å². The van der Waals surface area contributed by atoms with Crippen molar-refractivity contribution in [1.29, 1.82) is 0 Å². The summed E-state index contributed by atoms with van der Waals surface area (Å²) in [5.74, 6) is 0. The standard InChI is InChI=1S/C24H34N2/c1-3-5-7-8-10-22-13-17-24(18-14-22)20-26-25-19-23-15-11-21(12-16-23)9-6-4-2/h11-19,26H,3-10,20H2,1-2H3/b25-19+. The second-order valence-electron chi connectivity index (χ2n) is 7.07. The molecule has 0 fully saturated rings. The van der Waals surface area contributed by atoms with Crippen molar-refractivity contribution in [2.75, 3.05) is 0 Å². The fraction of sp³-hybridized carbons (Fsp3) is 0.458. The normalized spacial score (nSPS) is 11.2. The molecule has 0 radical (unpaired) electrons. The molecular formula is C24H34N2. The van der Waals surface area contributed by atoms with Gasteiger partial charge in [-0.15, -0.1) is 0 Å². The number of aryl methyl sites for hydroxylation is 2. The number of rotatable bonds is 12. The van der Waals surface area contributed by atoms with Crippen LogP contribution in [0.1, 0.15) is 74.6 Å². The second-order valence-corrected chi connectivity index (χ2v) is 7.07. The molecule has 2 heteroatoms. The minimum Gasteiger partial charge on any atom is -0.306 e. The minimum absolute atomic E-state index is 0.765. The SMILES string of the molecule is CCCCCCc1ccc(CN/N=C/c2ccc(CCCC)cc2)cc1. The lowest BCUT2D eigenvalue weighted by Crippen LogP contribution is -2.05. The molecule has 2 aromatic rings. The molecule has 0 amide bonds.